The van der Waals surface area contributed by atoms with E-state index in [1.165, 1.54) is 26.2 Å². The highest BCUT2D eigenvalue weighted by molar-refractivity contribution is 5.87. The van der Waals surface area contributed by atoms with Crippen molar-refractivity contribution in [3.05, 3.63) is 33.6 Å². The molecule has 1 heterocycles. The summed E-state index contributed by atoms with van der Waals surface area (Å²) in [6.45, 7) is 1.46. The zero-order valence-corrected chi connectivity index (χ0v) is 7.68. The van der Waals surface area contributed by atoms with Crippen molar-refractivity contribution in [1.82, 2.24) is 4.98 Å². The van der Waals surface area contributed by atoms with Gasteiger partial charge in [0.1, 0.15) is 11.4 Å². The molecule has 6 heteroatoms. The van der Waals surface area contributed by atoms with E-state index in [2.05, 4.69) is 9.72 Å². The largest absolute Gasteiger partial charge is 0.464 e. The van der Waals surface area contributed by atoms with Gasteiger partial charge in [0, 0.05) is 6.07 Å². The van der Waals surface area contributed by atoms with E-state index in [1.807, 2.05) is 0 Å². The fraction of sp³-hybridized carbons (Fsp3) is 0.250. The molecular formula is C8H8N2O4. The molecule has 0 spiro atoms. The summed E-state index contributed by atoms with van der Waals surface area (Å²) >= 11 is 0. The summed E-state index contributed by atoms with van der Waals surface area (Å²) in [7, 11) is 1.22. The lowest BCUT2D eigenvalue weighted by atomic mass is 10.3. The number of rotatable bonds is 2. The Morgan fingerprint density at radius 2 is 2.21 bits per heavy atom. The molecule has 1 aromatic heterocycles. The number of aromatic nitrogens is 1. The maximum absolute atomic E-state index is 11.0. The highest BCUT2D eigenvalue weighted by Crippen LogP contribution is 2.15. The third-order valence-electron chi connectivity index (χ3n) is 1.65. The lowest BCUT2D eigenvalue weighted by Crippen LogP contribution is -2.06. The Morgan fingerprint density at radius 3 is 2.64 bits per heavy atom. The summed E-state index contributed by atoms with van der Waals surface area (Å²) in [5.74, 6) is -0.608. The van der Waals surface area contributed by atoms with E-state index in [0.717, 1.165) is 0 Å². The minimum absolute atomic E-state index is 0.0654. The molecule has 74 valence electrons. The van der Waals surface area contributed by atoms with Gasteiger partial charge in [-0.05, 0) is 13.0 Å². The van der Waals surface area contributed by atoms with Crippen LogP contribution in [-0.2, 0) is 4.74 Å². The Labute approximate surface area is 79.7 Å². The molecule has 0 unspecified atom stereocenters. The number of aryl methyl sites for hydroxylation is 1. The summed E-state index contributed by atoms with van der Waals surface area (Å²) in [6, 6.07) is 2.49. The van der Waals surface area contributed by atoms with Crippen LogP contribution in [0.4, 0.5) is 5.69 Å². The zero-order chi connectivity index (χ0) is 10.7. The van der Waals surface area contributed by atoms with Gasteiger partial charge in [-0.25, -0.2) is 9.78 Å². The number of esters is 1. The Morgan fingerprint density at radius 1 is 1.57 bits per heavy atom. The summed E-state index contributed by atoms with van der Waals surface area (Å²) in [5, 5.41) is 10.4. The van der Waals surface area contributed by atoms with Crippen LogP contribution in [-0.4, -0.2) is 23.0 Å². The third-order valence-corrected chi connectivity index (χ3v) is 1.65. The minimum Gasteiger partial charge on any atom is -0.464 e. The van der Waals surface area contributed by atoms with Crippen molar-refractivity contribution in [2.75, 3.05) is 7.11 Å². The van der Waals surface area contributed by atoms with E-state index < -0.39 is 10.9 Å². The Hall–Kier alpha value is -1.98. The first-order valence-electron chi connectivity index (χ1n) is 3.76. The molecule has 0 N–H and O–H groups in total. The van der Waals surface area contributed by atoms with Gasteiger partial charge < -0.3 is 4.74 Å². The van der Waals surface area contributed by atoms with Crippen LogP contribution in [0.5, 0.6) is 0 Å². The van der Waals surface area contributed by atoms with Crippen molar-refractivity contribution >= 4 is 11.7 Å². The van der Waals surface area contributed by atoms with Crippen molar-refractivity contribution in [3.63, 3.8) is 0 Å². The van der Waals surface area contributed by atoms with Gasteiger partial charge in [0.05, 0.1) is 12.0 Å². The van der Waals surface area contributed by atoms with E-state index in [9.17, 15) is 14.9 Å². The standard InChI is InChI=1S/C8H8N2O4/c1-5-7(10(12)13)4-3-6(9-5)8(11)14-2/h3-4H,1-2H3. The van der Waals surface area contributed by atoms with Crippen molar-refractivity contribution in [2.45, 2.75) is 6.92 Å². The fourth-order valence-corrected chi connectivity index (χ4v) is 0.965. The number of hydrogen-bond donors (Lipinski definition) is 0. The maximum Gasteiger partial charge on any atom is 0.356 e. The number of methoxy groups -OCH3 is 1. The van der Waals surface area contributed by atoms with Crippen LogP contribution in [0.2, 0.25) is 0 Å². The van der Waals surface area contributed by atoms with Crippen molar-refractivity contribution in [3.8, 4) is 0 Å². The third kappa shape index (κ3) is 1.85. The number of nitro groups is 1. The molecule has 1 aromatic rings. The number of nitrogens with zero attached hydrogens (tertiary/aromatic N) is 2. The van der Waals surface area contributed by atoms with Crippen LogP contribution in [0, 0.1) is 17.0 Å². The summed E-state index contributed by atoms with van der Waals surface area (Å²) in [4.78, 5) is 24.6. The first-order valence-corrected chi connectivity index (χ1v) is 3.76. The zero-order valence-electron chi connectivity index (χ0n) is 7.68. The molecule has 0 radical (unpaired) electrons. The number of carbonyl (C=O) groups is 1. The van der Waals surface area contributed by atoms with Crippen molar-refractivity contribution in [1.29, 1.82) is 0 Å². The molecule has 0 aliphatic carbocycles. The van der Waals surface area contributed by atoms with Crippen LogP contribution in [0.3, 0.4) is 0 Å². The number of ether oxygens (including phenoxy) is 1. The van der Waals surface area contributed by atoms with E-state index in [4.69, 9.17) is 0 Å². The Kier molecular flexibility index (Phi) is 2.76. The molecule has 0 aliphatic rings. The lowest BCUT2D eigenvalue weighted by Gasteiger charge is -1.99. The highest BCUT2D eigenvalue weighted by Gasteiger charge is 2.15. The minimum atomic E-state index is -0.608. The van der Waals surface area contributed by atoms with E-state index in [-0.39, 0.29) is 17.1 Å². The van der Waals surface area contributed by atoms with Crippen LogP contribution < -0.4 is 0 Å². The lowest BCUT2D eigenvalue weighted by molar-refractivity contribution is -0.385. The van der Waals surface area contributed by atoms with Crippen LogP contribution in [0.25, 0.3) is 0 Å². The predicted octanol–water partition coefficient (Wildman–Crippen LogP) is 1.08. The van der Waals surface area contributed by atoms with Gasteiger partial charge in [0.25, 0.3) is 5.69 Å². The van der Waals surface area contributed by atoms with E-state index in [0.29, 0.717) is 0 Å². The second kappa shape index (κ2) is 3.82. The van der Waals surface area contributed by atoms with E-state index in [1.54, 1.807) is 0 Å². The van der Waals surface area contributed by atoms with Gasteiger partial charge in [0.2, 0.25) is 0 Å². The van der Waals surface area contributed by atoms with Gasteiger partial charge >= 0.3 is 5.97 Å². The first kappa shape index (κ1) is 10.1. The van der Waals surface area contributed by atoms with E-state index >= 15 is 0 Å². The Bertz CT molecular complexity index is 389. The quantitative estimate of drug-likeness (QED) is 0.401. The first-order chi connectivity index (χ1) is 6.56. The molecule has 0 amide bonds. The van der Waals surface area contributed by atoms with Crippen LogP contribution in [0.15, 0.2) is 12.1 Å². The number of hydrogen-bond acceptors (Lipinski definition) is 5. The average molecular weight is 196 g/mol. The number of pyridine rings is 1. The fourth-order valence-electron chi connectivity index (χ4n) is 0.965. The smallest absolute Gasteiger partial charge is 0.356 e. The van der Waals surface area contributed by atoms with Gasteiger partial charge in [-0.3, -0.25) is 10.1 Å². The second-order valence-corrected chi connectivity index (χ2v) is 2.55. The monoisotopic (exact) mass is 196 g/mol. The molecule has 0 fully saturated rings. The molecule has 0 saturated heterocycles. The molecule has 6 nitrogen and oxygen atoms in total. The van der Waals surface area contributed by atoms with Crippen LogP contribution in [0.1, 0.15) is 16.2 Å². The van der Waals surface area contributed by atoms with Gasteiger partial charge in [-0.2, -0.15) is 0 Å². The second-order valence-electron chi connectivity index (χ2n) is 2.55. The van der Waals surface area contributed by atoms with Crippen LogP contribution >= 0.6 is 0 Å². The summed E-state index contributed by atoms with van der Waals surface area (Å²) < 4.78 is 4.42. The molecular weight excluding hydrogens is 188 g/mol. The normalized spacial score (nSPS) is 9.57. The molecule has 0 aliphatic heterocycles. The highest BCUT2D eigenvalue weighted by atomic mass is 16.6. The summed E-state index contributed by atoms with van der Waals surface area (Å²) in [5.41, 5.74) is 0.145. The van der Waals surface area contributed by atoms with Gasteiger partial charge in [-0.15, -0.1) is 0 Å². The van der Waals surface area contributed by atoms with Gasteiger partial charge in [0.15, 0.2) is 0 Å². The SMILES string of the molecule is COC(=O)c1ccc([N+](=O)[O-])c(C)n1. The number of carbonyl (C=O) groups excluding carboxylic acids is 1. The van der Waals surface area contributed by atoms with Crippen molar-refractivity contribution in [2.24, 2.45) is 0 Å². The molecule has 0 saturated carbocycles. The molecule has 0 aromatic carbocycles. The maximum atomic E-state index is 11.0. The predicted molar refractivity (Wildman–Crippen MR) is 47.0 cm³/mol. The Balaban J connectivity index is 3.12. The molecule has 1 rings (SSSR count). The van der Waals surface area contributed by atoms with Gasteiger partial charge in [-0.1, -0.05) is 0 Å². The summed E-state index contributed by atoms with van der Waals surface area (Å²) in [6.07, 6.45) is 0. The molecule has 0 atom stereocenters. The molecule has 0 bridgehead atoms. The van der Waals surface area contributed by atoms with Crippen molar-refractivity contribution < 1.29 is 14.5 Å². The topological polar surface area (TPSA) is 82.3 Å². The molecule has 14 heavy (non-hydrogen) atoms. The average Bonchev–Trinajstić information content (AvgIpc) is 2.15.